The van der Waals surface area contributed by atoms with Gasteiger partial charge in [0.15, 0.2) is 0 Å². The van der Waals surface area contributed by atoms with Crippen LogP contribution in [-0.2, 0) is 11.3 Å². The molecule has 6 nitrogen and oxygen atoms in total. The largest absolute Gasteiger partial charge is 0.439 e. The SMILES string of the molecule is CSCCC(NC(=O)c1ccccc1Cl)C(=O)NCc1ccc(Oc2cccc(F)c2)nc1. The second-order valence-electron chi connectivity index (χ2n) is 7.07. The van der Waals surface area contributed by atoms with Crippen molar-refractivity contribution in [2.75, 3.05) is 12.0 Å². The highest BCUT2D eigenvalue weighted by molar-refractivity contribution is 7.98. The molecular formula is C24H23ClFN3O3S. The van der Waals surface area contributed by atoms with Crippen LogP contribution in [0.1, 0.15) is 22.3 Å². The molecule has 0 spiro atoms. The number of pyridine rings is 1. The van der Waals surface area contributed by atoms with Gasteiger partial charge in [0.2, 0.25) is 11.8 Å². The summed E-state index contributed by atoms with van der Waals surface area (Å²) in [7, 11) is 0. The minimum Gasteiger partial charge on any atom is -0.439 e. The van der Waals surface area contributed by atoms with Crippen molar-refractivity contribution in [1.29, 1.82) is 0 Å². The van der Waals surface area contributed by atoms with E-state index in [0.29, 0.717) is 34.4 Å². The van der Waals surface area contributed by atoms with Crippen LogP contribution in [0.2, 0.25) is 5.02 Å². The van der Waals surface area contributed by atoms with Crippen molar-refractivity contribution in [2.45, 2.75) is 19.0 Å². The summed E-state index contributed by atoms with van der Waals surface area (Å²) in [6, 6.07) is 15.1. The highest BCUT2D eigenvalue weighted by atomic mass is 35.5. The van der Waals surface area contributed by atoms with Gasteiger partial charge in [0.05, 0.1) is 10.6 Å². The van der Waals surface area contributed by atoms with E-state index in [1.54, 1.807) is 66.5 Å². The molecule has 1 aromatic heterocycles. The molecule has 0 saturated heterocycles. The highest BCUT2D eigenvalue weighted by Crippen LogP contribution is 2.20. The molecule has 3 rings (SSSR count). The summed E-state index contributed by atoms with van der Waals surface area (Å²) >= 11 is 7.68. The van der Waals surface area contributed by atoms with E-state index in [0.717, 1.165) is 5.56 Å². The van der Waals surface area contributed by atoms with Crippen LogP contribution in [0.5, 0.6) is 11.6 Å². The number of amides is 2. The average Bonchev–Trinajstić information content (AvgIpc) is 2.81. The van der Waals surface area contributed by atoms with E-state index in [4.69, 9.17) is 16.3 Å². The number of nitrogens with one attached hydrogen (secondary N) is 2. The fourth-order valence-electron chi connectivity index (χ4n) is 2.93. The number of hydrogen-bond donors (Lipinski definition) is 2. The fourth-order valence-corrected chi connectivity index (χ4v) is 3.62. The van der Waals surface area contributed by atoms with Gasteiger partial charge < -0.3 is 15.4 Å². The van der Waals surface area contributed by atoms with Gasteiger partial charge in [-0.15, -0.1) is 0 Å². The van der Waals surface area contributed by atoms with Gasteiger partial charge in [-0.3, -0.25) is 9.59 Å². The normalized spacial score (nSPS) is 11.5. The summed E-state index contributed by atoms with van der Waals surface area (Å²) in [6.07, 6.45) is 3.97. The summed E-state index contributed by atoms with van der Waals surface area (Å²) in [5.74, 6) is 0.251. The molecule has 3 aromatic rings. The van der Waals surface area contributed by atoms with E-state index in [2.05, 4.69) is 15.6 Å². The summed E-state index contributed by atoms with van der Waals surface area (Å²) in [4.78, 5) is 29.6. The lowest BCUT2D eigenvalue weighted by molar-refractivity contribution is -0.123. The van der Waals surface area contributed by atoms with E-state index in [9.17, 15) is 14.0 Å². The van der Waals surface area contributed by atoms with Crippen LogP contribution in [-0.4, -0.2) is 34.8 Å². The Morgan fingerprint density at radius 3 is 2.67 bits per heavy atom. The van der Waals surface area contributed by atoms with Gasteiger partial charge >= 0.3 is 0 Å². The van der Waals surface area contributed by atoms with Gasteiger partial charge in [0.25, 0.3) is 5.91 Å². The maximum atomic E-state index is 13.3. The van der Waals surface area contributed by atoms with Gasteiger partial charge in [-0.05, 0) is 48.3 Å². The lowest BCUT2D eigenvalue weighted by Gasteiger charge is -2.18. The number of aromatic nitrogens is 1. The first-order valence-electron chi connectivity index (χ1n) is 10.2. The number of hydrogen-bond acceptors (Lipinski definition) is 5. The number of benzene rings is 2. The summed E-state index contributed by atoms with van der Waals surface area (Å²) in [5, 5.41) is 5.93. The predicted molar refractivity (Wildman–Crippen MR) is 128 cm³/mol. The molecule has 0 aliphatic rings. The Morgan fingerprint density at radius 1 is 1.15 bits per heavy atom. The Hall–Kier alpha value is -3.10. The molecular weight excluding hydrogens is 465 g/mol. The number of thioether (sulfide) groups is 1. The number of halogens is 2. The molecule has 33 heavy (non-hydrogen) atoms. The van der Waals surface area contributed by atoms with Crippen LogP contribution in [0.3, 0.4) is 0 Å². The molecule has 0 fully saturated rings. The molecule has 2 amide bonds. The first kappa shape index (κ1) is 24.5. The maximum Gasteiger partial charge on any atom is 0.253 e. The van der Waals surface area contributed by atoms with E-state index in [1.807, 2.05) is 6.26 Å². The van der Waals surface area contributed by atoms with Crippen molar-refractivity contribution in [1.82, 2.24) is 15.6 Å². The molecule has 0 aliphatic carbocycles. The number of rotatable bonds is 10. The Balaban J connectivity index is 1.58. The molecule has 172 valence electrons. The zero-order valence-corrected chi connectivity index (χ0v) is 19.5. The average molecular weight is 488 g/mol. The van der Waals surface area contributed by atoms with Gasteiger partial charge in [-0.1, -0.05) is 35.9 Å². The van der Waals surface area contributed by atoms with E-state index in [-0.39, 0.29) is 12.5 Å². The second-order valence-corrected chi connectivity index (χ2v) is 8.46. The molecule has 2 N–H and O–H groups in total. The van der Waals surface area contributed by atoms with Crippen LogP contribution in [0.4, 0.5) is 4.39 Å². The van der Waals surface area contributed by atoms with Crippen molar-refractivity contribution in [2.24, 2.45) is 0 Å². The Kier molecular flexibility index (Phi) is 9.09. The van der Waals surface area contributed by atoms with Crippen molar-refractivity contribution in [3.63, 3.8) is 0 Å². The number of nitrogens with zero attached hydrogens (tertiary/aromatic N) is 1. The Bertz CT molecular complexity index is 1100. The van der Waals surface area contributed by atoms with E-state index in [1.165, 1.54) is 12.1 Å². The van der Waals surface area contributed by atoms with Crippen LogP contribution in [0.15, 0.2) is 66.9 Å². The van der Waals surface area contributed by atoms with Crippen molar-refractivity contribution in [3.05, 3.63) is 88.8 Å². The van der Waals surface area contributed by atoms with Gasteiger partial charge in [0, 0.05) is 24.9 Å². The van der Waals surface area contributed by atoms with Gasteiger partial charge in [-0.25, -0.2) is 9.37 Å². The standard InChI is InChI=1S/C24H23ClFN3O3S/c1-33-12-11-21(29-23(30)19-7-2-3-8-20(19)25)24(31)28-15-16-9-10-22(27-14-16)32-18-6-4-5-17(26)13-18/h2-10,13-14,21H,11-12,15H2,1H3,(H,28,31)(H,29,30). The third-order valence-electron chi connectivity index (χ3n) is 4.63. The Labute approximate surface area is 200 Å². The smallest absolute Gasteiger partial charge is 0.253 e. The third-order valence-corrected chi connectivity index (χ3v) is 5.61. The monoisotopic (exact) mass is 487 g/mol. The number of ether oxygens (including phenoxy) is 1. The lowest BCUT2D eigenvalue weighted by atomic mass is 10.1. The topological polar surface area (TPSA) is 80.3 Å². The first-order valence-corrected chi connectivity index (χ1v) is 11.9. The minimum absolute atomic E-state index is 0.226. The molecule has 0 aliphatic heterocycles. The zero-order valence-electron chi connectivity index (χ0n) is 17.9. The number of carbonyl (C=O) groups excluding carboxylic acids is 2. The molecule has 1 unspecified atom stereocenters. The molecule has 0 bridgehead atoms. The zero-order chi connectivity index (χ0) is 23.6. The molecule has 1 heterocycles. The fraction of sp³-hybridized carbons (Fsp3) is 0.208. The molecule has 0 saturated carbocycles. The van der Waals surface area contributed by atoms with E-state index >= 15 is 0 Å². The molecule has 0 radical (unpaired) electrons. The van der Waals surface area contributed by atoms with Crippen LogP contribution >= 0.6 is 23.4 Å². The van der Waals surface area contributed by atoms with Crippen molar-refractivity contribution >= 4 is 35.2 Å². The molecule has 9 heteroatoms. The predicted octanol–water partition coefficient (Wildman–Crippen LogP) is 4.83. The van der Waals surface area contributed by atoms with Crippen LogP contribution in [0, 0.1) is 5.82 Å². The maximum absolute atomic E-state index is 13.3. The minimum atomic E-state index is -0.704. The van der Waals surface area contributed by atoms with E-state index < -0.39 is 17.8 Å². The quantitative estimate of drug-likeness (QED) is 0.428. The highest BCUT2D eigenvalue weighted by Gasteiger charge is 2.22. The third kappa shape index (κ3) is 7.47. The number of carbonyl (C=O) groups is 2. The van der Waals surface area contributed by atoms with Gasteiger partial charge in [-0.2, -0.15) is 11.8 Å². The summed E-state index contributed by atoms with van der Waals surface area (Å²) in [5.41, 5.74) is 1.06. The summed E-state index contributed by atoms with van der Waals surface area (Å²) < 4.78 is 18.8. The van der Waals surface area contributed by atoms with Crippen molar-refractivity contribution in [3.8, 4) is 11.6 Å². The van der Waals surface area contributed by atoms with Crippen LogP contribution in [0.25, 0.3) is 0 Å². The first-order chi connectivity index (χ1) is 16.0. The van der Waals surface area contributed by atoms with Crippen LogP contribution < -0.4 is 15.4 Å². The second kappa shape index (κ2) is 12.2. The molecule has 1 atom stereocenters. The Morgan fingerprint density at radius 2 is 1.97 bits per heavy atom. The van der Waals surface area contributed by atoms with Gasteiger partial charge in [0.1, 0.15) is 17.6 Å². The lowest BCUT2D eigenvalue weighted by Crippen LogP contribution is -2.47. The van der Waals surface area contributed by atoms with Crippen molar-refractivity contribution < 1.29 is 18.7 Å². The summed E-state index contributed by atoms with van der Waals surface area (Å²) in [6.45, 7) is 0.226. The molecule has 2 aromatic carbocycles.